The normalized spacial score (nSPS) is 14.0. The molecule has 0 spiro atoms. The Balaban J connectivity index is 1.28. The minimum Gasteiger partial charge on any atom is -0.489 e. The Labute approximate surface area is 282 Å². The zero-order chi connectivity index (χ0) is 33.9. The van der Waals surface area contributed by atoms with E-state index in [0.717, 1.165) is 16.7 Å². The van der Waals surface area contributed by atoms with Crippen molar-refractivity contribution >= 4 is 17.8 Å². The molecule has 1 atom stereocenters. The Bertz CT molecular complexity index is 1720. The Morgan fingerprint density at radius 2 is 1.48 bits per heavy atom. The van der Waals surface area contributed by atoms with Crippen LogP contribution >= 0.6 is 0 Å². The third kappa shape index (κ3) is 8.89. The first kappa shape index (κ1) is 33.9. The fourth-order valence-corrected chi connectivity index (χ4v) is 6.02. The third-order valence-corrected chi connectivity index (χ3v) is 8.86. The van der Waals surface area contributed by atoms with Crippen molar-refractivity contribution in [2.75, 3.05) is 13.1 Å². The Kier molecular flexibility index (Phi) is 11.3. The van der Waals surface area contributed by atoms with Gasteiger partial charge >= 0.3 is 5.97 Å². The number of rotatable bonds is 12. The first-order chi connectivity index (χ1) is 23.2. The predicted molar refractivity (Wildman–Crippen MR) is 183 cm³/mol. The van der Waals surface area contributed by atoms with Crippen LogP contribution in [0.4, 0.5) is 0 Å². The second kappa shape index (κ2) is 15.9. The molecule has 4 aromatic rings. The molecule has 0 saturated carbocycles. The molecule has 1 aliphatic rings. The highest BCUT2D eigenvalue weighted by Gasteiger charge is 2.42. The zero-order valence-electron chi connectivity index (χ0n) is 27.4. The summed E-state index contributed by atoms with van der Waals surface area (Å²) in [6, 6.07) is 34.7. The van der Waals surface area contributed by atoms with Crippen LogP contribution in [0.5, 0.6) is 5.75 Å². The lowest BCUT2D eigenvalue weighted by Crippen LogP contribution is -2.51. The van der Waals surface area contributed by atoms with Crippen molar-refractivity contribution in [2.45, 2.75) is 52.4 Å². The van der Waals surface area contributed by atoms with Crippen LogP contribution in [0.1, 0.15) is 71.8 Å². The molecule has 1 unspecified atom stereocenters. The maximum Gasteiger partial charge on any atom is 0.306 e. The average Bonchev–Trinajstić information content (AvgIpc) is 3.13. The van der Waals surface area contributed by atoms with Crippen LogP contribution < -0.4 is 10.1 Å². The number of piperidine rings is 1. The number of esters is 1. The number of benzene rings is 4. The van der Waals surface area contributed by atoms with Gasteiger partial charge in [0.15, 0.2) is 0 Å². The Hall–Kier alpha value is -5.42. The van der Waals surface area contributed by atoms with Crippen molar-refractivity contribution in [1.29, 1.82) is 5.26 Å². The second-order valence-corrected chi connectivity index (χ2v) is 12.8. The number of amides is 2. The summed E-state index contributed by atoms with van der Waals surface area (Å²) in [7, 11) is 0. The van der Waals surface area contributed by atoms with Crippen LogP contribution in [0.3, 0.4) is 0 Å². The molecule has 0 aromatic heterocycles. The zero-order valence-corrected chi connectivity index (χ0v) is 27.4. The molecule has 0 bridgehead atoms. The van der Waals surface area contributed by atoms with Crippen LogP contribution in [0.2, 0.25) is 0 Å². The lowest BCUT2D eigenvalue weighted by atomic mass is 9.78. The van der Waals surface area contributed by atoms with Crippen LogP contribution in [0.25, 0.3) is 0 Å². The van der Waals surface area contributed by atoms with Gasteiger partial charge in [-0.3, -0.25) is 14.4 Å². The highest BCUT2D eigenvalue weighted by Crippen LogP contribution is 2.38. The van der Waals surface area contributed by atoms with Crippen molar-refractivity contribution < 1.29 is 23.9 Å². The van der Waals surface area contributed by atoms with Crippen molar-refractivity contribution in [3.8, 4) is 11.8 Å². The van der Waals surface area contributed by atoms with Gasteiger partial charge in [-0.05, 0) is 85.7 Å². The lowest BCUT2D eigenvalue weighted by Gasteiger charge is -2.40. The van der Waals surface area contributed by atoms with Gasteiger partial charge in [0.2, 0.25) is 5.91 Å². The standard InChI is InChI=1S/C40H41N3O5/c1-40(2,39(46)43-22-20-29(21-23-43)24-36(44)48-28-32-12-7-4-8-13-32)37(42-38(45)33-18-16-30(26-41)17-19-33)34-14-9-15-35(25-34)47-27-31-10-5-3-6-11-31/h3-19,25,29,37H,20-24,27-28H2,1-2H3,(H,42,45). The van der Waals surface area contributed by atoms with E-state index in [2.05, 4.69) is 11.4 Å². The molecule has 0 aliphatic carbocycles. The van der Waals surface area contributed by atoms with E-state index >= 15 is 0 Å². The van der Waals surface area contributed by atoms with E-state index in [9.17, 15) is 19.6 Å². The molecule has 8 nitrogen and oxygen atoms in total. The largest absolute Gasteiger partial charge is 0.489 e. The van der Waals surface area contributed by atoms with Gasteiger partial charge in [-0.15, -0.1) is 0 Å². The van der Waals surface area contributed by atoms with Crippen LogP contribution in [0, 0.1) is 22.7 Å². The molecule has 48 heavy (non-hydrogen) atoms. The number of carbonyl (C=O) groups excluding carboxylic acids is 3. The lowest BCUT2D eigenvalue weighted by molar-refractivity contribution is -0.147. The van der Waals surface area contributed by atoms with Crippen molar-refractivity contribution in [1.82, 2.24) is 10.2 Å². The number of nitrogens with zero attached hydrogens (tertiary/aromatic N) is 2. The summed E-state index contributed by atoms with van der Waals surface area (Å²) in [4.78, 5) is 42.2. The molecule has 0 radical (unpaired) electrons. The summed E-state index contributed by atoms with van der Waals surface area (Å²) in [5, 5.41) is 12.3. The van der Waals surface area contributed by atoms with Crippen LogP contribution in [-0.2, 0) is 27.5 Å². The summed E-state index contributed by atoms with van der Waals surface area (Å²) in [5.41, 5.74) is 2.51. The highest BCUT2D eigenvalue weighted by atomic mass is 16.5. The van der Waals surface area contributed by atoms with E-state index in [4.69, 9.17) is 9.47 Å². The summed E-state index contributed by atoms with van der Waals surface area (Å²) >= 11 is 0. The van der Waals surface area contributed by atoms with Crippen LogP contribution in [-0.4, -0.2) is 35.8 Å². The molecule has 4 aromatic carbocycles. The van der Waals surface area contributed by atoms with Crippen molar-refractivity contribution in [3.63, 3.8) is 0 Å². The first-order valence-electron chi connectivity index (χ1n) is 16.3. The fourth-order valence-electron chi connectivity index (χ4n) is 6.02. The monoisotopic (exact) mass is 643 g/mol. The van der Waals surface area contributed by atoms with Gasteiger partial charge in [-0.2, -0.15) is 5.26 Å². The minimum absolute atomic E-state index is 0.0895. The van der Waals surface area contributed by atoms with E-state index < -0.39 is 11.5 Å². The number of hydrogen-bond donors (Lipinski definition) is 1. The van der Waals surface area contributed by atoms with Gasteiger partial charge in [-0.25, -0.2) is 0 Å². The molecule has 1 aliphatic heterocycles. The molecule has 8 heteroatoms. The molecule has 1 saturated heterocycles. The van der Waals surface area contributed by atoms with Crippen LogP contribution in [0.15, 0.2) is 109 Å². The van der Waals surface area contributed by atoms with Crippen molar-refractivity contribution in [2.24, 2.45) is 11.3 Å². The summed E-state index contributed by atoms with van der Waals surface area (Å²) in [6.45, 7) is 5.35. The topological polar surface area (TPSA) is 109 Å². The molecule has 1 N–H and O–H groups in total. The summed E-state index contributed by atoms with van der Waals surface area (Å²) in [5.74, 6) is 0.0777. The predicted octanol–water partition coefficient (Wildman–Crippen LogP) is 7.01. The molecule has 2 amide bonds. The van der Waals surface area contributed by atoms with Crippen molar-refractivity contribution in [3.05, 3.63) is 137 Å². The maximum atomic E-state index is 14.2. The number of ether oxygens (including phenoxy) is 2. The van der Waals surface area contributed by atoms with E-state index in [1.807, 2.05) is 104 Å². The Morgan fingerprint density at radius 3 is 2.10 bits per heavy atom. The molecule has 1 fully saturated rings. The van der Waals surface area contributed by atoms with E-state index in [-0.39, 0.29) is 30.3 Å². The van der Waals surface area contributed by atoms with Gasteiger partial charge < -0.3 is 19.7 Å². The molecule has 5 rings (SSSR count). The summed E-state index contributed by atoms with van der Waals surface area (Å²) < 4.78 is 11.6. The maximum absolute atomic E-state index is 14.2. The third-order valence-electron chi connectivity index (χ3n) is 8.86. The number of carbonyl (C=O) groups is 3. The summed E-state index contributed by atoms with van der Waals surface area (Å²) in [6.07, 6.45) is 1.69. The Morgan fingerprint density at radius 1 is 0.854 bits per heavy atom. The van der Waals surface area contributed by atoms with E-state index in [0.29, 0.717) is 55.8 Å². The van der Waals surface area contributed by atoms with Gasteiger partial charge in [0.1, 0.15) is 19.0 Å². The van der Waals surface area contributed by atoms with Gasteiger partial charge in [0, 0.05) is 25.1 Å². The highest BCUT2D eigenvalue weighted by molar-refractivity contribution is 5.95. The molecular weight excluding hydrogens is 602 g/mol. The van der Waals surface area contributed by atoms with Gasteiger partial charge in [-0.1, -0.05) is 72.8 Å². The quantitative estimate of drug-likeness (QED) is 0.167. The number of nitrogens with one attached hydrogen (secondary N) is 1. The van der Waals surface area contributed by atoms with Gasteiger partial charge in [0.05, 0.1) is 23.1 Å². The SMILES string of the molecule is CC(C)(C(=O)N1CCC(CC(=O)OCc2ccccc2)CC1)C(NC(=O)c1ccc(C#N)cc1)c1cccc(OCc2ccccc2)c1. The second-order valence-electron chi connectivity index (χ2n) is 12.8. The first-order valence-corrected chi connectivity index (χ1v) is 16.3. The molecule has 1 heterocycles. The average molecular weight is 644 g/mol. The number of hydrogen-bond acceptors (Lipinski definition) is 6. The molecular formula is C40H41N3O5. The number of likely N-dealkylation sites (tertiary alicyclic amines) is 1. The van der Waals surface area contributed by atoms with E-state index in [1.165, 1.54) is 0 Å². The van der Waals surface area contributed by atoms with Gasteiger partial charge in [0.25, 0.3) is 5.91 Å². The minimum atomic E-state index is -1.04. The molecule has 246 valence electrons. The smallest absolute Gasteiger partial charge is 0.306 e. The number of nitriles is 1. The fraction of sp³-hybridized carbons (Fsp3) is 0.300. The van der Waals surface area contributed by atoms with E-state index in [1.54, 1.807) is 24.3 Å².